The number of likely N-dealkylation sites (N-methyl/N-ethyl adjacent to an activating group) is 1. The van der Waals surface area contributed by atoms with Gasteiger partial charge in [-0.1, -0.05) is 0 Å². The molecule has 4 heteroatoms. The molecule has 0 aliphatic rings. The average Bonchev–Trinajstić information content (AvgIpc) is 2.74. The van der Waals surface area contributed by atoms with Gasteiger partial charge in [0, 0.05) is 31.3 Å². The molecule has 4 nitrogen and oxygen atoms in total. The number of hydrogen-bond acceptors (Lipinski definition) is 2. The number of carboxylic acids is 1. The molecule has 0 aliphatic carbocycles. The fourth-order valence-corrected chi connectivity index (χ4v) is 1.60. The van der Waals surface area contributed by atoms with Crippen LogP contribution in [0.25, 0.3) is 0 Å². The van der Waals surface area contributed by atoms with E-state index in [0.29, 0.717) is 0 Å². The first-order valence-corrected chi connectivity index (χ1v) is 5.71. The maximum Gasteiger partial charge on any atom is 0.303 e. The van der Waals surface area contributed by atoms with E-state index in [-0.39, 0.29) is 6.42 Å². The van der Waals surface area contributed by atoms with E-state index in [0.717, 1.165) is 32.4 Å². The van der Waals surface area contributed by atoms with Crippen molar-refractivity contribution in [1.29, 1.82) is 0 Å². The van der Waals surface area contributed by atoms with Gasteiger partial charge in [0.15, 0.2) is 0 Å². The largest absolute Gasteiger partial charge is 0.481 e. The SMILES string of the molecule is CN(CCCCC(=O)O)CCc1ccc[nH]1. The fourth-order valence-electron chi connectivity index (χ4n) is 1.60. The van der Waals surface area contributed by atoms with Crippen LogP contribution >= 0.6 is 0 Å². The molecule has 0 spiro atoms. The number of unbranched alkanes of at least 4 members (excludes halogenated alkanes) is 1. The van der Waals surface area contributed by atoms with Crippen LogP contribution in [0.15, 0.2) is 18.3 Å². The lowest BCUT2D eigenvalue weighted by Gasteiger charge is -2.15. The third-order valence-electron chi connectivity index (χ3n) is 2.61. The second-order valence-corrected chi connectivity index (χ2v) is 4.10. The van der Waals surface area contributed by atoms with Crippen LogP contribution in [-0.4, -0.2) is 41.1 Å². The van der Waals surface area contributed by atoms with E-state index >= 15 is 0 Å². The number of nitrogens with zero attached hydrogens (tertiary/aromatic N) is 1. The Kier molecular flexibility index (Phi) is 5.64. The molecule has 0 atom stereocenters. The van der Waals surface area contributed by atoms with E-state index < -0.39 is 5.97 Å². The van der Waals surface area contributed by atoms with Gasteiger partial charge in [-0.15, -0.1) is 0 Å². The Bertz CT molecular complexity index is 296. The first-order valence-electron chi connectivity index (χ1n) is 5.71. The minimum atomic E-state index is -0.700. The number of nitrogens with one attached hydrogen (secondary N) is 1. The Morgan fingerprint density at radius 3 is 2.88 bits per heavy atom. The highest BCUT2D eigenvalue weighted by molar-refractivity contribution is 5.66. The maximum atomic E-state index is 10.3. The second kappa shape index (κ2) is 7.06. The van der Waals surface area contributed by atoms with Crippen LogP contribution in [0.3, 0.4) is 0 Å². The van der Waals surface area contributed by atoms with Crippen molar-refractivity contribution in [2.75, 3.05) is 20.1 Å². The van der Waals surface area contributed by atoms with E-state index in [1.165, 1.54) is 5.69 Å². The molecular formula is C12H20N2O2. The van der Waals surface area contributed by atoms with Gasteiger partial charge >= 0.3 is 5.97 Å². The zero-order valence-electron chi connectivity index (χ0n) is 9.78. The minimum Gasteiger partial charge on any atom is -0.481 e. The lowest BCUT2D eigenvalue weighted by atomic mass is 10.2. The normalized spacial score (nSPS) is 10.9. The van der Waals surface area contributed by atoms with Crippen molar-refractivity contribution < 1.29 is 9.90 Å². The van der Waals surface area contributed by atoms with Crippen molar-refractivity contribution in [3.63, 3.8) is 0 Å². The van der Waals surface area contributed by atoms with Crippen molar-refractivity contribution >= 4 is 5.97 Å². The number of H-pyrrole nitrogens is 1. The number of aliphatic carboxylic acids is 1. The molecule has 0 unspecified atom stereocenters. The van der Waals surface area contributed by atoms with Crippen molar-refractivity contribution in [2.45, 2.75) is 25.7 Å². The molecule has 0 amide bonds. The third kappa shape index (κ3) is 5.56. The lowest BCUT2D eigenvalue weighted by Crippen LogP contribution is -2.22. The van der Waals surface area contributed by atoms with E-state index in [1.54, 1.807) is 0 Å². The summed E-state index contributed by atoms with van der Waals surface area (Å²) in [5.41, 5.74) is 1.25. The van der Waals surface area contributed by atoms with Crippen molar-refractivity contribution in [1.82, 2.24) is 9.88 Å². The summed E-state index contributed by atoms with van der Waals surface area (Å²) in [7, 11) is 2.07. The molecule has 0 bridgehead atoms. The third-order valence-corrected chi connectivity index (χ3v) is 2.61. The Balaban J connectivity index is 2.02. The highest BCUT2D eigenvalue weighted by atomic mass is 16.4. The summed E-state index contributed by atoms with van der Waals surface area (Å²) in [6, 6.07) is 4.08. The smallest absolute Gasteiger partial charge is 0.303 e. The summed E-state index contributed by atoms with van der Waals surface area (Å²) in [5, 5.41) is 8.49. The van der Waals surface area contributed by atoms with Crippen LogP contribution in [0, 0.1) is 0 Å². The summed E-state index contributed by atoms with van der Waals surface area (Å²) >= 11 is 0. The van der Waals surface area contributed by atoms with Crippen LogP contribution in [0.4, 0.5) is 0 Å². The van der Waals surface area contributed by atoms with Crippen molar-refractivity contribution in [3.05, 3.63) is 24.0 Å². The Morgan fingerprint density at radius 2 is 2.25 bits per heavy atom. The molecule has 2 N–H and O–H groups in total. The Morgan fingerprint density at radius 1 is 1.44 bits per heavy atom. The van der Waals surface area contributed by atoms with Gasteiger partial charge in [-0.2, -0.15) is 0 Å². The monoisotopic (exact) mass is 224 g/mol. The summed E-state index contributed by atoms with van der Waals surface area (Å²) in [5.74, 6) is -0.700. The molecule has 0 aliphatic heterocycles. The quantitative estimate of drug-likeness (QED) is 0.661. The summed E-state index contributed by atoms with van der Waals surface area (Å²) < 4.78 is 0. The topological polar surface area (TPSA) is 56.3 Å². The van der Waals surface area contributed by atoms with E-state index in [1.807, 2.05) is 12.3 Å². The van der Waals surface area contributed by atoms with E-state index in [9.17, 15) is 4.79 Å². The standard InChI is InChI=1S/C12H20N2O2/c1-14(9-3-2-6-12(15)16)10-7-11-5-4-8-13-11/h4-5,8,13H,2-3,6-7,9-10H2,1H3,(H,15,16). The predicted molar refractivity (Wildman–Crippen MR) is 63.5 cm³/mol. The van der Waals surface area contributed by atoms with Crippen LogP contribution in [0.1, 0.15) is 25.0 Å². The summed E-state index contributed by atoms with van der Waals surface area (Å²) in [4.78, 5) is 15.7. The Hall–Kier alpha value is -1.29. The van der Waals surface area contributed by atoms with Crippen molar-refractivity contribution in [2.24, 2.45) is 0 Å². The predicted octanol–water partition coefficient (Wildman–Crippen LogP) is 1.74. The van der Waals surface area contributed by atoms with Crippen LogP contribution in [-0.2, 0) is 11.2 Å². The maximum absolute atomic E-state index is 10.3. The molecule has 0 fully saturated rings. The van der Waals surface area contributed by atoms with Gasteiger partial charge in [0.1, 0.15) is 0 Å². The lowest BCUT2D eigenvalue weighted by molar-refractivity contribution is -0.137. The number of carbonyl (C=O) groups is 1. The molecule has 0 radical (unpaired) electrons. The van der Waals surface area contributed by atoms with E-state index in [2.05, 4.69) is 23.0 Å². The van der Waals surface area contributed by atoms with Crippen LogP contribution in [0.5, 0.6) is 0 Å². The highest BCUT2D eigenvalue weighted by Crippen LogP contribution is 2.00. The second-order valence-electron chi connectivity index (χ2n) is 4.10. The average molecular weight is 224 g/mol. The van der Waals surface area contributed by atoms with Gasteiger partial charge < -0.3 is 15.0 Å². The number of carboxylic acid groups (broad SMARTS) is 1. The van der Waals surface area contributed by atoms with Gasteiger partial charge in [-0.05, 0) is 38.6 Å². The Labute approximate surface area is 96.3 Å². The number of aromatic nitrogens is 1. The van der Waals surface area contributed by atoms with E-state index in [4.69, 9.17) is 5.11 Å². The molecule has 1 heterocycles. The molecule has 1 aromatic heterocycles. The van der Waals surface area contributed by atoms with Crippen LogP contribution in [0.2, 0.25) is 0 Å². The summed E-state index contributed by atoms with van der Waals surface area (Å²) in [6.45, 7) is 1.97. The zero-order chi connectivity index (χ0) is 11.8. The van der Waals surface area contributed by atoms with Gasteiger partial charge in [-0.3, -0.25) is 4.79 Å². The molecular weight excluding hydrogens is 204 g/mol. The minimum absolute atomic E-state index is 0.282. The fraction of sp³-hybridized carbons (Fsp3) is 0.583. The zero-order valence-corrected chi connectivity index (χ0v) is 9.78. The van der Waals surface area contributed by atoms with Crippen molar-refractivity contribution in [3.8, 4) is 0 Å². The van der Waals surface area contributed by atoms with Gasteiger partial charge in [0.25, 0.3) is 0 Å². The number of hydrogen-bond donors (Lipinski definition) is 2. The molecule has 1 aromatic rings. The number of rotatable bonds is 8. The van der Waals surface area contributed by atoms with Crippen LogP contribution < -0.4 is 0 Å². The van der Waals surface area contributed by atoms with Gasteiger partial charge in [-0.25, -0.2) is 0 Å². The molecule has 0 aromatic carbocycles. The first kappa shape index (κ1) is 12.8. The molecule has 16 heavy (non-hydrogen) atoms. The molecule has 0 saturated heterocycles. The molecule has 90 valence electrons. The molecule has 0 saturated carbocycles. The number of aromatic amines is 1. The van der Waals surface area contributed by atoms with Gasteiger partial charge in [0.05, 0.1) is 0 Å². The van der Waals surface area contributed by atoms with Gasteiger partial charge in [0.2, 0.25) is 0 Å². The first-order chi connectivity index (χ1) is 7.68. The highest BCUT2D eigenvalue weighted by Gasteiger charge is 2.01. The molecule has 1 rings (SSSR count). The summed E-state index contributed by atoms with van der Waals surface area (Å²) in [6.07, 6.45) is 4.95.